The number of aliphatic hydroxyl groups excluding tert-OH is 1. The molecule has 0 aliphatic rings. The highest BCUT2D eigenvalue weighted by atomic mass is 35.5. The third-order valence-corrected chi connectivity index (χ3v) is 2.18. The van der Waals surface area contributed by atoms with Crippen molar-refractivity contribution in [3.63, 3.8) is 0 Å². The lowest BCUT2D eigenvalue weighted by Gasteiger charge is -2.13. The van der Waals surface area contributed by atoms with Gasteiger partial charge in [0.2, 0.25) is 0 Å². The molecule has 1 N–H and O–H groups in total. The minimum atomic E-state index is -0.312. The molecule has 10 heavy (non-hydrogen) atoms. The van der Waals surface area contributed by atoms with Crippen LogP contribution in [0, 0.1) is 0 Å². The van der Waals surface area contributed by atoms with Crippen LogP contribution >= 0.6 is 11.6 Å². The molecule has 0 heterocycles. The van der Waals surface area contributed by atoms with Gasteiger partial charge >= 0.3 is 0 Å². The number of halogens is 1. The fraction of sp³-hybridized carbons (Fsp3) is 1.00. The highest BCUT2D eigenvalue weighted by Crippen LogP contribution is 2.13. The van der Waals surface area contributed by atoms with Gasteiger partial charge in [0, 0.05) is 0 Å². The largest absolute Gasteiger partial charge is 0.392 e. The Labute approximate surface area is 68.4 Å². The quantitative estimate of drug-likeness (QED) is 0.620. The summed E-state index contributed by atoms with van der Waals surface area (Å²) in [5.74, 6) is 0. The number of hydrogen-bond donors (Lipinski definition) is 1. The number of alkyl halides is 1. The summed E-state index contributed by atoms with van der Waals surface area (Å²) in [6.45, 7) is 4.08. The monoisotopic (exact) mass is 164 g/mol. The van der Waals surface area contributed by atoms with Gasteiger partial charge in [-0.1, -0.05) is 26.7 Å². The maximum absolute atomic E-state index is 9.22. The molecule has 0 saturated carbocycles. The van der Waals surface area contributed by atoms with Crippen LogP contribution in [-0.4, -0.2) is 16.6 Å². The van der Waals surface area contributed by atoms with Gasteiger partial charge in [0.1, 0.15) is 0 Å². The van der Waals surface area contributed by atoms with Gasteiger partial charge in [0.25, 0.3) is 0 Å². The number of aliphatic hydroxyl groups is 1. The van der Waals surface area contributed by atoms with Crippen LogP contribution in [0.4, 0.5) is 0 Å². The Kier molecular flexibility index (Phi) is 6.14. The molecule has 0 spiro atoms. The van der Waals surface area contributed by atoms with Crippen LogP contribution in [0.15, 0.2) is 0 Å². The summed E-state index contributed by atoms with van der Waals surface area (Å²) in [6, 6.07) is 0. The third kappa shape index (κ3) is 4.13. The molecule has 1 nitrogen and oxygen atoms in total. The fourth-order valence-electron chi connectivity index (χ4n) is 0.847. The van der Waals surface area contributed by atoms with Gasteiger partial charge in [-0.3, -0.25) is 0 Å². The summed E-state index contributed by atoms with van der Waals surface area (Å²) in [6.07, 6.45) is 3.66. The summed E-state index contributed by atoms with van der Waals surface area (Å²) >= 11 is 5.86. The normalized spacial score (nSPS) is 16.8. The van der Waals surface area contributed by atoms with E-state index in [9.17, 15) is 5.11 Å². The van der Waals surface area contributed by atoms with Crippen LogP contribution in [-0.2, 0) is 0 Å². The second-order valence-corrected chi connectivity index (χ2v) is 3.19. The lowest BCUT2D eigenvalue weighted by molar-refractivity contribution is 0.160. The van der Waals surface area contributed by atoms with Crippen molar-refractivity contribution in [2.45, 2.75) is 51.0 Å². The van der Waals surface area contributed by atoms with E-state index in [0.717, 1.165) is 25.7 Å². The molecule has 0 aromatic carbocycles. The van der Waals surface area contributed by atoms with E-state index in [1.54, 1.807) is 0 Å². The van der Waals surface area contributed by atoms with Gasteiger partial charge in [-0.2, -0.15) is 0 Å². The summed E-state index contributed by atoms with van der Waals surface area (Å²) in [4.78, 5) is 0. The second kappa shape index (κ2) is 5.99. The lowest BCUT2D eigenvalue weighted by Crippen LogP contribution is -2.19. The van der Waals surface area contributed by atoms with Gasteiger partial charge in [-0.05, 0) is 12.8 Å². The molecule has 0 saturated heterocycles. The molecule has 0 aromatic heterocycles. The van der Waals surface area contributed by atoms with Crippen LogP contribution in [0.3, 0.4) is 0 Å². The predicted octanol–water partition coefficient (Wildman–Crippen LogP) is 2.55. The maximum atomic E-state index is 9.22. The van der Waals surface area contributed by atoms with Crippen molar-refractivity contribution in [1.29, 1.82) is 0 Å². The Morgan fingerprint density at radius 1 is 1.40 bits per heavy atom. The molecule has 0 aliphatic carbocycles. The Bertz CT molecular complexity index is 75.7. The van der Waals surface area contributed by atoms with Crippen molar-refractivity contribution in [1.82, 2.24) is 0 Å². The molecule has 0 radical (unpaired) electrons. The zero-order chi connectivity index (χ0) is 7.98. The topological polar surface area (TPSA) is 20.2 Å². The van der Waals surface area contributed by atoms with E-state index in [2.05, 4.69) is 6.92 Å². The standard InChI is InChI=1S/C8H17ClO/c1-3-5-6-7(9)8(10)4-2/h7-8,10H,3-6H2,1-2H3/t7-,8+/m1/s1. The van der Waals surface area contributed by atoms with Gasteiger partial charge in [0.15, 0.2) is 0 Å². The van der Waals surface area contributed by atoms with E-state index < -0.39 is 0 Å². The SMILES string of the molecule is CCCC[C@@H](Cl)[C@@H](O)CC. The predicted molar refractivity (Wildman–Crippen MR) is 45.5 cm³/mol. The van der Waals surface area contributed by atoms with Crippen LogP contribution in [0.25, 0.3) is 0 Å². The molecule has 62 valence electrons. The minimum Gasteiger partial charge on any atom is -0.392 e. The molecule has 0 bridgehead atoms. The van der Waals surface area contributed by atoms with E-state index in [1.807, 2.05) is 6.92 Å². The molecular weight excluding hydrogens is 148 g/mol. The summed E-state index contributed by atoms with van der Waals surface area (Å²) in [5.41, 5.74) is 0. The summed E-state index contributed by atoms with van der Waals surface area (Å²) in [7, 11) is 0. The smallest absolute Gasteiger partial charge is 0.0701 e. The Morgan fingerprint density at radius 2 is 2.00 bits per heavy atom. The molecule has 0 unspecified atom stereocenters. The third-order valence-electron chi connectivity index (χ3n) is 1.67. The van der Waals surface area contributed by atoms with Gasteiger partial charge in [-0.15, -0.1) is 11.6 Å². The van der Waals surface area contributed by atoms with E-state index in [0.29, 0.717) is 0 Å². The van der Waals surface area contributed by atoms with Crippen molar-refractivity contribution in [2.24, 2.45) is 0 Å². The molecule has 2 heteroatoms. The zero-order valence-corrected chi connectivity index (χ0v) is 7.56. The number of hydrogen-bond acceptors (Lipinski definition) is 1. The van der Waals surface area contributed by atoms with Crippen molar-refractivity contribution >= 4 is 11.6 Å². The first-order valence-corrected chi connectivity index (χ1v) is 4.48. The number of rotatable bonds is 5. The summed E-state index contributed by atoms with van der Waals surface area (Å²) < 4.78 is 0. The lowest BCUT2D eigenvalue weighted by atomic mass is 10.1. The molecule has 0 aromatic rings. The van der Waals surface area contributed by atoms with E-state index in [-0.39, 0.29) is 11.5 Å². The number of unbranched alkanes of at least 4 members (excludes halogenated alkanes) is 1. The average molecular weight is 165 g/mol. The fourth-order valence-corrected chi connectivity index (χ4v) is 1.18. The molecule has 2 atom stereocenters. The maximum Gasteiger partial charge on any atom is 0.0701 e. The molecule has 0 amide bonds. The Balaban J connectivity index is 3.31. The molecular formula is C8H17ClO. The molecule has 0 fully saturated rings. The Hall–Kier alpha value is 0.250. The van der Waals surface area contributed by atoms with Gasteiger partial charge in [0.05, 0.1) is 11.5 Å². The van der Waals surface area contributed by atoms with Gasteiger partial charge in [-0.25, -0.2) is 0 Å². The van der Waals surface area contributed by atoms with Crippen LogP contribution in [0.5, 0.6) is 0 Å². The van der Waals surface area contributed by atoms with Crippen molar-refractivity contribution < 1.29 is 5.11 Å². The van der Waals surface area contributed by atoms with Crippen LogP contribution in [0.1, 0.15) is 39.5 Å². The van der Waals surface area contributed by atoms with Crippen molar-refractivity contribution in [3.8, 4) is 0 Å². The van der Waals surface area contributed by atoms with E-state index in [4.69, 9.17) is 11.6 Å². The van der Waals surface area contributed by atoms with Crippen LogP contribution in [0.2, 0.25) is 0 Å². The summed E-state index contributed by atoms with van der Waals surface area (Å²) in [5, 5.41) is 9.18. The van der Waals surface area contributed by atoms with E-state index in [1.165, 1.54) is 0 Å². The van der Waals surface area contributed by atoms with Crippen molar-refractivity contribution in [2.75, 3.05) is 0 Å². The van der Waals surface area contributed by atoms with E-state index >= 15 is 0 Å². The van der Waals surface area contributed by atoms with Gasteiger partial charge < -0.3 is 5.11 Å². The average Bonchev–Trinajstić information content (AvgIpc) is 1.98. The Morgan fingerprint density at radius 3 is 2.40 bits per heavy atom. The highest BCUT2D eigenvalue weighted by Gasteiger charge is 2.12. The first-order valence-electron chi connectivity index (χ1n) is 4.04. The highest BCUT2D eigenvalue weighted by molar-refractivity contribution is 6.21. The minimum absolute atomic E-state index is 0.0371. The second-order valence-electron chi connectivity index (χ2n) is 2.63. The van der Waals surface area contributed by atoms with Crippen molar-refractivity contribution in [3.05, 3.63) is 0 Å². The molecule has 0 aliphatic heterocycles. The van der Waals surface area contributed by atoms with Crippen LogP contribution < -0.4 is 0 Å². The molecule has 0 rings (SSSR count). The first kappa shape index (κ1) is 10.2. The zero-order valence-electron chi connectivity index (χ0n) is 6.81. The first-order chi connectivity index (χ1) is 4.72.